The average molecular weight is 401 g/mol. The van der Waals surface area contributed by atoms with Crippen LogP contribution in [-0.4, -0.2) is 67.5 Å². The van der Waals surface area contributed by atoms with Crippen LogP contribution in [0.1, 0.15) is 30.9 Å². The third-order valence-electron chi connectivity index (χ3n) is 6.48. The van der Waals surface area contributed by atoms with Crippen LogP contribution in [-0.2, 0) is 19.1 Å². The highest BCUT2D eigenvalue weighted by molar-refractivity contribution is 5.92. The molecule has 156 valence electrons. The second-order valence-corrected chi connectivity index (χ2v) is 8.32. The van der Waals surface area contributed by atoms with Gasteiger partial charge in [0.15, 0.2) is 0 Å². The summed E-state index contributed by atoms with van der Waals surface area (Å²) < 4.78 is 10.4. The van der Waals surface area contributed by atoms with Crippen molar-refractivity contribution in [1.82, 2.24) is 9.80 Å². The molecule has 0 radical (unpaired) electrons. The first-order chi connectivity index (χ1) is 13.9. The first kappa shape index (κ1) is 19.7. The Hall–Kier alpha value is -2.61. The summed E-state index contributed by atoms with van der Waals surface area (Å²) in [6.45, 7) is 0.828. The van der Waals surface area contributed by atoms with Crippen LogP contribution in [0.5, 0.6) is 5.75 Å². The zero-order valence-electron chi connectivity index (χ0n) is 16.8. The summed E-state index contributed by atoms with van der Waals surface area (Å²) in [5, 5.41) is 0. The summed E-state index contributed by atoms with van der Waals surface area (Å²) >= 11 is 0. The van der Waals surface area contributed by atoms with Crippen LogP contribution in [0.3, 0.4) is 0 Å². The molecule has 1 saturated carbocycles. The number of nitrogens with two attached hydrogens (primary N) is 1. The van der Waals surface area contributed by atoms with Gasteiger partial charge in [-0.15, -0.1) is 0 Å². The Labute approximate surface area is 169 Å². The Morgan fingerprint density at radius 3 is 2.45 bits per heavy atom. The fourth-order valence-electron chi connectivity index (χ4n) is 4.84. The predicted octanol–water partition coefficient (Wildman–Crippen LogP) is 0.708. The number of methoxy groups -OCH3 is 2. The van der Waals surface area contributed by atoms with Gasteiger partial charge in [0.1, 0.15) is 5.75 Å². The zero-order chi connectivity index (χ0) is 20.8. The van der Waals surface area contributed by atoms with Crippen LogP contribution in [0.2, 0.25) is 0 Å². The van der Waals surface area contributed by atoms with Gasteiger partial charge in [-0.2, -0.15) is 0 Å². The normalized spacial score (nSPS) is 27.5. The minimum atomic E-state index is -0.485. The Balaban J connectivity index is 1.58. The fraction of sp³-hybridized carbons (Fsp3) is 0.571. The lowest BCUT2D eigenvalue weighted by atomic mass is 9.92. The van der Waals surface area contributed by atoms with Crippen molar-refractivity contribution in [2.24, 2.45) is 17.1 Å². The highest BCUT2D eigenvalue weighted by Gasteiger charge is 2.55. The number of fused-ring (bicyclic) bond motifs is 1. The van der Waals surface area contributed by atoms with Gasteiger partial charge in [0.25, 0.3) is 0 Å². The summed E-state index contributed by atoms with van der Waals surface area (Å²) in [5.41, 5.74) is 6.07. The summed E-state index contributed by atoms with van der Waals surface area (Å²) in [6.07, 6.45) is 2.03. The minimum absolute atomic E-state index is 0.0177. The molecule has 0 unspecified atom stereocenters. The third-order valence-corrected chi connectivity index (χ3v) is 6.48. The number of nitrogens with zero attached hydrogens (tertiary/aromatic N) is 2. The van der Waals surface area contributed by atoms with Crippen LogP contribution in [0.4, 0.5) is 0 Å². The van der Waals surface area contributed by atoms with Crippen molar-refractivity contribution in [2.45, 2.75) is 31.3 Å². The molecule has 3 amide bonds. The van der Waals surface area contributed by atoms with E-state index in [4.69, 9.17) is 15.2 Å². The summed E-state index contributed by atoms with van der Waals surface area (Å²) in [6, 6.07) is 6.72. The number of benzene rings is 1. The molecule has 1 aromatic carbocycles. The highest BCUT2D eigenvalue weighted by Crippen LogP contribution is 2.49. The van der Waals surface area contributed by atoms with Gasteiger partial charge in [0.2, 0.25) is 17.7 Å². The molecule has 0 spiro atoms. The maximum absolute atomic E-state index is 13.1. The van der Waals surface area contributed by atoms with Gasteiger partial charge in [0, 0.05) is 13.7 Å². The molecular weight excluding hydrogens is 374 g/mol. The number of carbonyl (C=O) groups is 3. The predicted molar refractivity (Wildman–Crippen MR) is 104 cm³/mol. The molecular formula is C21H27N3O5. The standard InChI is InChI=1S/C21H27N3O5/c1-28-12-21(7-8-21)20(27)23-10-14-9-16(19(22)26)18(24(14)17(25)11-23)13-3-5-15(29-2)6-4-13/h3-6,14,16,18H,7-12H2,1-2H3,(H2,22,26)/t14-,16-,18-/m1/s1. The number of primary amides is 1. The average Bonchev–Trinajstić information content (AvgIpc) is 3.38. The zero-order valence-corrected chi connectivity index (χ0v) is 16.8. The Bertz CT molecular complexity index is 820. The summed E-state index contributed by atoms with van der Waals surface area (Å²) in [7, 11) is 3.17. The largest absolute Gasteiger partial charge is 0.497 e. The molecule has 8 nitrogen and oxygen atoms in total. The number of carbonyl (C=O) groups excluding carboxylic acids is 3. The van der Waals surface area contributed by atoms with E-state index in [2.05, 4.69) is 0 Å². The maximum atomic E-state index is 13.1. The summed E-state index contributed by atoms with van der Waals surface area (Å²) in [5.74, 6) is -0.373. The van der Waals surface area contributed by atoms with Crippen LogP contribution in [0.25, 0.3) is 0 Å². The lowest BCUT2D eigenvalue weighted by molar-refractivity contribution is -0.153. The molecule has 2 N–H and O–H groups in total. The van der Waals surface area contributed by atoms with E-state index >= 15 is 0 Å². The molecule has 3 fully saturated rings. The van der Waals surface area contributed by atoms with E-state index in [0.717, 1.165) is 18.4 Å². The number of hydrogen-bond acceptors (Lipinski definition) is 5. The monoisotopic (exact) mass is 401 g/mol. The lowest BCUT2D eigenvalue weighted by Crippen LogP contribution is -2.57. The molecule has 29 heavy (non-hydrogen) atoms. The van der Waals surface area contributed by atoms with Gasteiger partial charge in [-0.25, -0.2) is 0 Å². The molecule has 0 aromatic heterocycles. The van der Waals surface area contributed by atoms with Crippen LogP contribution >= 0.6 is 0 Å². The van der Waals surface area contributed by atoms with Gasteiger partial charge in [-0.1, -0.05) is 12.1 Å². The number of hydrogen-bond donors (Lipinski definition) is 1. The molecule has 3 aliphatic rings. The molecule has 2 saturated heterocycles. The Morgan fingerprint density at radius 1 is 1.21 bits per heavy atom. The van der Waals surface area contributed by atoms with Gasteiger partial charge in [0.05, 0.1) is 43.7 Å². The highest BCUT2D eigenvalue weighted by atomic mass is 16.5. The molecule has 4 rings (SSSR count). The summed E-state index contributed by atoms with van der Waals surface area (Å²) in [4.78, 5) is 41.7. The fourth-order valence-corrected chi connectivity index (χ4v) is 4.84. The smallest absolute Gasteiger partial charge is 0.243 e. The van der Waals surface area contributed by atoms with Crippen molar-refractivity contribution < 1.29 is 23.9 Å². The van der Waals surface area contributed by atoms with Crippen molar-refractivity contribution in [2.75, 3.05) is 33.9 Å². The number of piperazine rings is 1. The molecule has 1 aliphatic carbocycles. The Morgan fingerprint density at radius 2 is 1.90 bits per heavy atom. The quantitative estimate of drug-likeness (QED) is 0.756. The van der Waals surface area contributed by atoms with E-state index in [1.54, 1.807) is 24.0 Å². The minimum Gasteiger partial charge on any atom is -0.497 e. The Kier molecular flexibility index (Phi) is 4.98. The molecule has 2 aliphatic heterocycles. The van der Waals surface area contributed by atoms with E-state index in [-0.39, 0.29) is 24.4 Å². The number of ether oxygens (including phenoxy) is 2. The van der Waals surface area contributed by atoms with E-state index < -0.39 is 23.3 Å². The number of rotatable bonds is 6. The van der Waals surface area contributed by atoms with E-state index in [1.165, 1.54) is 0 Å². The second-order valence-electron chi connectivity index (χ2n) is 8.32. The molecule has 3 atom stereocenters. The van der Waals surface area contributed by atoms with Gasteiger partial charge >= 0.3 is 0 Å². The second kappa shape index (κ2) is 7.33. The molecule has 8 heteroatoms. The van der Waals surface area contributed by atoms with Crippen molar-refractivity contribution in [3.05, 3.63) is 29.8 Å². The van der Waals surface area contributed by atoms with Crippen molar-refractivity contribution in [1.29, 1.82) is 0 Å². The number of amides is 3. The van der Waals surface area contributed by atoms with Gasteiger partial charge in [-0.05, 0) is 37.0 Å². The lowest BCUT2D eigenvalue weighted by Gasteiger charge is -2.41. The maximum Gasteiger partial charge on any atom is 0.243 e. The first-order valence-electron chi connectivity index (χ1n) is 9.93. The van der Waals surface area contributed by atoms with Crippen molar-refractivity contribution in [3.63, 3.8) is 0 Å². The molecule has 1 aromatic rings. The molecule has 2 heterocycles. The van der Waals surface area contributed by atoms with E-state index in [0.29, 0.717) is 25.3 Å². The van der Waals surface area contributed by atoms with Crippen LogP contribution < -0.4 is 10.5 Å². The van der Waals surface area contributed by atoms with Gasteiger partial charge in [-0.3, -0.25) is 14.4 Å². The SMILES string of the molecule is COCC1(C(=O)N2CC(=O)N3[C@H](C[C@@H](C(N)=O)[C@H]3c3ccc(OC)cc3)C2)CC1. The first-order valence-corrected chi connectivity index (χ1v) is 9.93. The van der Waals surface area contributed by atoms with Gasteiger partial charge < -0.3 is 25.0 Å². The third kappa shape index (κ3) is 3.35. The van der Waals surface area contributed by atoms with Crippen LogP contribution in [0, 0.1) is 11.3 Å². The van der Waals surface area contributed by atoms with Crippen molar-refractivity contribution >= 4 is 17.7 Å². The van der Waals surface area contributed by atoms with E-state index in [9.17, 15) is 14.4 Å². The van der Waals surface area contributed by atoms with E-state index in [1.807, 2.05) is 24.3 Å². The topological polar surface area (TPSA) is 102 Å². The van der Waals surface area contributed by atoms with Crippen LogP contribution in [0.15, 0.2) is 24.3 Å². The molecule has 0 bridgehead atoms. The van der Waals surface area contributed by atoms with Crippen molar-refractivity contribution in [3.8, 4) is 5.75 Å².